The largest absolute Gasteiger partial charge is 0.416 e. The molecule has 0 aliphatic carbocycles. The van der Waals surface area contributed by atoms with Gasteiger partial charge in [-0.15, -0.1) is 0 Å². The van der Waals surface area contributed by atoms with Crippen molar-refractivity contribution in [1.82, 2.24) is 4.90 Å². The minimum atomic E-state index is -4.35. The van der Waals surface area contributed by atoms with Crippen LogP contribution in [0.1, 0.15) is 44.2 Å². The molecule has 0 atom stereocenters. The van der Waals surface area contributed by atoms with Crippen LogP contribution in [0.2, 0.25) is 0 Å². The second-order valence-corrected chi connectivity index (χ2v) is 8.54. The number of alkyl halides is 3. The molecule has 1 heterocycles. The summed E-state index contributed by atoms with van der Waals surface area (Å²) in [7, 11) is 0. The van der Waals surface area contributed by atoms with Gasteiger partial charge in [-0.25, -0.2) is 4.39 Å². The SMILES string of the molecule is CC(C)CC(=O)N(c1ccc(F)cc1)C1CCN(Cc2cccc(C(F)(F)F)c2)CC1. The van der Waals surface area contributed by atoms with Crippen molar-refractivity contribution < 1.29 is 22.4 Å². The van der Waals surface area contributed by atoms with Crippen LogP contribution in [0.5, 0.6) is 0 Å². The normalized spacial score (nSPS) is 16.0. The minimum absolute atomic E-state index is 0.0120. The Balaban J connectivity index is 1.68. The molecule has 1 saturated heterocycles. The Morgan fingerprint density at radius 3 is 2.32 bits per heavy atom. The lowest BCUT2D eigenvalue weighted by Crippen LogP contribution is -2.47. The summed E-state index contributed by atoms with van der Waals surface area (Å²) < 4.78 is 52.3. The number of nitrogens with zero attached hydrogens (tertiary/aromatic N) is 2. The summed E-state index contributed by atoms with van der Waals surface area (Å²) in [5.74, 6) is -0.134. The van der Waals surface area contributed by atoms with Crippen LogP contribution >= 0.6 is 0 Å². The Kier molecular flexibility index (Phi) is 7.36. The highest BCUT2D eigenvalue weighted by Crippen LogP contribution is 2.30. The van der Waals surface area contributed by atoms with Gasteiger partial charge >= 0.3 is 6.18 Å². The van der Waals surface area contributed by atoms with Crippen molar-refractivity contribution in [1.29, 1.82) is 0 Å². The Bertz CT molecular complexity index is 872. The molecule has 0 N–H and O–H groups in total. The predicted octanol–water partition coefficient (Wildman–Crippen LogP) is 5.89. The van der Waals surface area contributed by atoms with Gasteiger partial charge in [-0.2, -0.15) is 13.2 Å². The molecule has 1 aliphatic rings. The summed E-state index contributed by atoms with van der Waals surface area (Å²) in [4.78, 5) is 16.8. The molecule has 0 aromatic heterocycles. The topological polar surface area (TPSA) is 23.6 Å². The summed E-state index contributed by atoms with van der Waals surface area (Å²) in [6, 6.07) is 11.4. The fourth-order valence-corrected chi connectivity index (χ4v) is 4.05. The Labute approximate surface area is 180 Å². The Morgan fingerprint density at radius 2 is 1.74 bits per heavy atom. The van der Waals surface area contributed by atoms with E-state index in [0.717, 1.165) is 6.07 Å². The van der Waals surface area contributed by atoms with E-state index in [2.05, 4.69) is 4.90 Å². The van der Waals surface area contributed by atoms with Gasteiger partial charge in [0.1, 0.15) is 5.82 Å². The van der Waals surface area contributed by atoms with Crippen molar-refractivity contribution in [2.45, 2.75) is 51.9 Å². The third-order valence-corrected chi connectivity index (χ3v) is 5.54. The van der Waals surface area contributed by atoms with Crippen LogP contribution in [0.4, 0.5) is 23.2 Å². The number of anilines is 1. The minimum Gasteiger partial charge on any atom is -0.309 e. The molecule has 31 heavy (non-hydrogen) atoms. The number of halogens is 4. The van der Waals surface area contributed by atoms with E-state index in [1.807, 2.05) is 13.8 Å². The van der Waals surface area contributed by atoms with Crippen molar-refractivity contribution >= 4 is 11.6 Å². The van der Waals surface area contributed by atoms with Gasteiger partial charge in [-0.3, -0.25) is 9.69 Å². The molecule has 3 nitrogen and oxygen atoms in total. The third-order valence-electron chi connectivity index (χ3n) is 5.54. The van der Waals surface area contributed by atoms with Crippen LogP contribution in [0.3, 0.4) is 0 Å². The molecule has 0 unspecified atom stereocenters. The van der Waals surface area contributed by atoms with Gasteiger partial charge in [0.25, 0.3) is 0 Å². The number of carbonyl (C=O) groups is 1. The van der Waals surface area contributed by atoms with Crippen molar-refractivity contribution in [3.8, 4) is 0 Å². The highest BCUT2D eigenvalue weighted by molar-refractivity contribution is 5.94. The third kappa shape index (κ3) is 6.29. The predicted molar refractivity (Wildman–Crippen MR) is 113 cm³/mol. The van der Waals surface area contributed by atoms with Gasteiger partial charge in [0.2, 0.25) is 5.91 Å². The van der Waals surface area contributed by atoms with Gasteiger partial charge in [0.05, 0.1) is 5.56 Å². The lowest BCUT2D eigenvalue weighted by Gasteiger charge is -2.39. The second-order valence-electron chi connectivity index (χ2n) is 8.54. The van der Waals surface area contributed by atoms with Crippen molar-refractivity contribution in [2.75, 3.05) is 18.0 Å². The van der Waals surface area contributed by atoms with E-state index < -0.39 is 11.7 Å². The lowest BCUT2D eigenvalue weighted by molar-refractivity contribution is -0.137. The zero-order chi connectivity index (χ0) is 22.6. The molecule has 1 aliphatic heterocycles. The maximum Gasteiger partial charge on any atom is 0.416 e. The van der Waals surface area contributed by atoms with Gasteiger partial charge < -0.3 is 4.90 Å². The fraction of sp³-hybridized carbons (Fsp3) is 0.458. The monoisotopic (exact) mass is 436 g/mol. The number of rotatable bonds is 6. The van der Waals surface area contributed by atoms with E-state index in [4.69, 9.17) is 0 Å². The Morgan fingerprint density at radius 1 is 1.10 bits per heavy atom. The second kappa shape index (κ2) is 9.81. The first-order valence-electron chi connectivity index (χ1n) is 10.6. The molecule has 7 heteroatoms. The smallest absolute Gasteiger partial charge is 0.309 e. The zero-order valence-corrected chi connectivity index (χ0v) is 17.8. The average molecular weight is 436 g/mol. The van der Waals surface area contributed by atoms with Gasteiger partial charge in [0.15, 0.2) is 0 Å². The van der Waals surface area contributed by atoms with E-state index in [9.17, 15) is 22.4 Å². The molecule has 3 rings (SSSR count). The Hall–Kier alpha value is -2.41. The zero-order valence-electron chi connectivity index (χ0n) is 17.8. The molecule has 0 radical (unpaired) electrons. The number of hydrogen-bond donors (Lipinski definition) is 0. The average Bonchev–Trinajstić information content (AvgIpc) is 2.70. The van der Waals surface area contributed by atoms with Crippen molar-refractivity contribution in [2.24, 2.45) is 5.92 Å². The maximum absolute atomic E-state index is 13.4. The van der Waals surface area contributed by atoms with Crippen molar-refractivity contribution in [3.63, 3.8) is 0 Å². The van der Waals surface area contributed by atoms with Crippen LogP contribution in [0, 0.1) is 11.7 Å². The van der Waals surface area contributed by atoms with E-state index in [0.29, 0.717) is 50.1 Å². The molecular formula is C24H28F4N2O. The molecule has 2 aromatic rings. The number of amides is 1. The summed E-state index contributed by atoms with van der Waals surface area (Å²) in [5.41, 5.74) is 0.671. The first-order valence-corrected chi connectivity index (χ1v) is 10.6. The number of hydrogen-bond acceptors (Lipinski definition) is 2. The highest BCUT2D eigenvalue weighted by Gasteiger charge is 2.31. The van der Waals surface area contributed by atoms with Gasteiger partial charge in [-0.05, 0) is 54.7 Å². The van der Waals surface area contributed by atoms with Crippen molar-refractivity contribution in [3.05, 3.63) is 65.5 Å². The fourth-order valence-electron chi connectivity index (χ4n) is 4.05. The van der Waals surface area contributed by atoms with Crippen LogP contribution < -0.4 is 4.90 Å². The lowest BCUT2D eigenvalue weighted by atomic mass is 9.99. The van der Waals surface area contributed by atoms with Gasteiger partial charge in [0, 0.05) is 37.8 Å². The van der Waals surface area contributed by atoms with Crippen LogP contribution in [0.15, 0.2) is 48.5 Å². The van der Waals surface area contributed by atoms with Gasteiger partial charge in [-0.1, -0.05) is 32.0 Å². The maximum atomic E-state index is 13.4. The van der Waals surface area contributed by atoms with Crippen LogP contribution in [-0.2, 0) is 17.5 Å². The summed E-state index contributed by atoms with van der Waals surface area (Å²) >= 11 is 0. The van der Waals surface area contributed by atoms with E-state index in [1.165, 1.54) is 24.3 Å². The number of piperidine rings is 1. The molecule has 0 bridgehead atoms. The standard InChI is InChI=1S/C24H28F4N2O/c1-17(2)14-23(31)30(21-8-6-20(25)7-9-21)22-10-12-29(13-11-22)16-18-4-3-5-19(15-18)24(26,27)28/h3-9,15,17,22H,10-14,16H2,1-2H3. The van der Waals surface area contributed by atoms with E-state index in [-0.39, 0.29) is 23.7 Å². The number of carbonyl (C=O) groups excluding carboxylic acids is 1. The summed E-state index contributed by atoms with van der Waals surface area (Å²) in [5, 5.41) is 0. The van der Waals surface area contributed by atoms with Crippen LogP contribution in [-0.4, -0.2) is 29.9 Å². The molecule has 168 valence electrons. The first kappa shape index (κ1) is 23.3. The molecular weight excluding hydrogens is 408 g/mol. The molecule has 2 aromatic carbocycles. The van der Waals surface area contributed by atoms with E-state index >= 15 is 0 Å². The van der Waals surface area contributed by atoms with Crippen LogP contribution in [0.25, 0.3) is 0 Å². The molecule has 0 spiro atoms. The number of likely N-dealkylation sites (tertiary alicyclic amines) is 1. The summed E-state index contributed by atoms with van der Waals surface area (Å²) in [6.45, 7) is 5.76. The summed E-state index contributed by atoms with van der Waals surface area (Å²) in [6.07, 6.45) is -2.53. The number of benzene rings is 2. The molecule has 1 amide bonds. The molecule has 0 saturated carbocycles. The highest BCUT2D eigenvalue weighted by atomic mass is 19.4. The first-order chi connectivity index (χ1) is 14.6. The quantitative estimate of drug-likeness (QED) is 0.528. The van der Waals surface area contributed by atoms with E-state index in [1.54, 1.807) is 23.1 Å². The molecule has 1 fully saturated rings.